The molecule has 24 heavy (non-hydrogen) atoms. The van der Waals surface area contributed by atoms with Crippen molar-refractivity contribution < 1.29 is 4.79 Å². The quantitative estimate of drug-likeness (QED) is 0.603. The van der Waals surface area contributed by atoms with Crippen molar-refractivity contribution in [3.05, 3.63) is 52.9 Å². The molecule has 3 aromatic rings. The summed E-state index contributed by atoms with van der Waals surface area (Å²) in [7, 11) is 0. The van der Waals surface area contributed by atoms with Crippen LogP contribution in [0.5, 0.6) is 0 Å². The van der Waals surface area contributed by atoms with Gasteiger partial charge in [-0.05, 0) is 30.0 Å². The van der Waals surface area contributed by atoms with Gasteiger partial charge in [0.15, 0.2) is 0 Å². The first-order chi connectivity index (χ1) is 11.7. The van der Waals surface area contributed by atoms with Gasteiger partial charge in [0.2, 0.25) is 0 Å². The van der Waals surface area contributed by atoms with E-state index in [1.54, 1.807) is 11.3 Å². The molecule has 0 saturated heterocycles. The number of carbonyl (C=O) groups excluding carboxylic acids is 1. The Morgan fingerprint density at radius 1 is 1.21 bits per heavy atom. The zero-order valence-corrected chi connectivity index (χ0v) is 15.6. The number of thiazole rings is 1. The number of carbonyl (C=O) groups is 1. The summed E-state index contributed by atoms with van der Waals surface area (Å²) in [5.41, 5.74) is 1.54. The Morgan fingerprint density at radius 3 is 2.92 bits per heavy atom. The molecule has 1 aliphatic heterocycles. The number of rotatable bonds is 2. The number of hydrogen-bond donors (Lipinski definition) is 0. The second-order valence-electron chi connectivity index (χ2n) is 5.66. The molecular formula is C18H16N2OS3. The monoisotopic (exact) mass is 372 g/mol. The van der Waals surface area contributed by atoms with Crippen LogP contribution >= 0.6 is 34.4 Å². The summed E-state index contributed by atoms with van der Waals surface area (Å²) >= 11 is 5.02. The topological polar surface area (TPSA) is 33.2 Å². The fourth-order valence-corrected chi connectivity index (χ4v) is 5.44. The molecule has 0 N–H and O–H groups in total. The third-order valence-electron chi connectivity index (χ3n) is 3.94. The van der Waals surface area contributed by atoms with E-state index in [4.69, 9.17) is 0 Å². The summed E-state index contributed by atoms with van der Waals surface area (Å²) in [6.45, 7) is 2.95. The summed E-state index contributed by atoms with van der Waals surface area (Å²) in [5.74, 6) is -0.00351. The van der Waals surface area contributed by atoms with Gasteiger partial charge in [-0.3, -0.25) is 4.79 Å². The number of thioether (sulfide) groups is 1. The van der Waals surface area contributed by atoms with E-state index in [9.17, 15) is 4.79 Å². The molecule has 6 heteroatoms. The van der Waals surface area contributed by atoms with Gasteiger partial charge in [-0.15, -0.1) is 34.4 Å². The first kappa shape index (κ1) is 15.9. The van der Waals surface area contributed by atoms with E-state index in [2.05, 4.69) is 18.0 Å². The molecule has 0 saturated carbocycles. The van der Waals surface area contributed by atoms with Gasteiger partial charge in [0.25, 0.3) is 5.91 Å². The van der Waals surface area contributed by atoms with Crippen LogP contribution in [0.1, 0.15) is 23.8 Å². The summed E-state index contributed by atoms with van der Waals surface area (Å²) < 4.78 is 0. The normalized spacial score (nSPS) is 17.4. The van der Waals surface area contributed by atoms with Gasteiger partial charge >= 0.3 is 0 Å². The van der Waals surface area contributed by atoms with Gasteiger partial charge in [-0.2, -0.15) is 0 Å². The molecule has 2 aromatic heterocycles. The van der Waals surface area contributed by atoms with Crippen molar-refractivity contribution in [3.8, 4) is 9.88 Å². The van der Waals surface area contributed by atoms with E-state index in [1.807, 2.05) is 57.8 Å². The maximum atomic E-state index is 13.1. The highest BCUT2D eigenvalue weighted by Gasteiger charge is 2.26. The van der Waals surface area contributed by atoms with Gasteiger partial charge in [-0.25, -0.2) is 4.98 Å². The number of thiophene rings is 1. The number of amides is 1. The van der Waals surface area contributed by atoms with Gasteiger partial charge < -0.3 is 4.90 Å². The lowest BCUT2D eigenvalue weighted by atomic mass is 10.2. The van der Waals surface area contributed by atoms with E-state index in [0.717, 1.165) is 28.5 Å². The molecule has 0 fully saturated rings. The Balaban J connectivity index is 1.67. The molecular weight excluding hydrogens is 356 g/mol. The summed E-state index contributed by atoms with van der Waals surface area (Å²) in [5, 5.41) is 5.32. The number of anilines is 1. The molecule has 1 aliphatic rings. The zero-order valence-electron chi connectivity index (χ0n) is 13.1. The van der Waals surface area contributed by atoms with Crippen LogP contribution < -0.4 is 4.90 Å². The van der Waals surface area contributed by atoms with Crippen LogP contribution in [0, 0.1) is 0 Å². The molecule has 0 bridgehead atoms. The van der Waals surface area contributed by atoms with Gasteiger partial charge in [0.05, 0.1) is 10.6 Å². The highest BCUT2D eigenvalue weighted by Crippen LogP contribution is 2.38. The summed E-state index contributed by atoms with van der Waals surface area (Å²) in [6.07, 6.45) is 0.979. The molecule has 3 nitrogen and oxygen atoms in total. The van der Waals surface area contributed by atoms with Crippen molar-refractivity contribution in [2.24, 2.45) is 0 Å². The van der Waals surface area contributed by atoms with E-state index in [0.29, 0.717) is 10.9 Å². The number of para-hydroxylation sites is 1. The van der Waals surface area contributed by atoms with E-state index in [-0.39, 0.29) is 5.91 Å². The minimum absolute atomic E-state index is 0.00351. The molecule has 122 valence electrons. The fourth-order valence-electron chi connectivity index (χ4n) is 2.72. The minimum atomic E-state index is -0.00351. The third kappa shape index (κ3) is 3.01. The minimum Gasteiger partial charge on any atom is -0.306 e. The number of nitrogens with zero attached hydrogens (tertiary/aromatic N) is 2. The second-order valence-corrected chi connectivity index (χ2v) is 8.94. The van der Waals surface area contributed by atoms with Crippen LogP contribution in [0.15, 0.2) is 52.1 Å². The van der Waals surface area contributed by atoms with E-state index < -0.39 is 0 Å². The number of aromatic nitrogens is 1. The first-order valence-corrected chi connectivity index (χ1v) is 10.4. The zero-order chi connectivity index (χ0) is 16.5. The lowest BCUT2D eigenvalue weighted by Crippen LogP contribution is -2.32. The van der Waals surface area contributed by atoms with Gasteiger partial charge in [-0.1, -0.05) is 25.1 Å². The Labute approximate surface area is 153 Å². The van der Waals surface area contributed by atoms with Crippen molar-refractivity contribution in [3.63, 3.8) is 0 Å². The van der Waals surface area contributed by atoms with Crippen molar-refractivity contribution in [1.29, 1.82) is 0 Å². The van der Waals surface area contributed by atoms with Gasteiger partial charge in [0, 0.05) is 22.1 Å². The number of benzene rings is 1. The highest BCUT2D eigenvalue weighted by molar-refractivity contribution is 8.00. The number of hydrogen-bond acceptors (Lipinski definition) is 5. The fraction of sp³-hybridized carbons (Fsp3) is 0.222. The van der Waals surface area contributed by atoms with Crippen LogP contribution in [0.25, 0.3) is 9.88 Å². The molecule has 1 aromatic carbocycles. The molecule has 4 rings (SSSR count). The summed E-state index contributed by atoms with van der Waals surface area (Å²) in [4.78, 5) is 21.8. The standard InChI is InChI=1S/C18H16N2OS3/c1-12-8-9-20(14-5-2-3-6-15(14)24-12)18(21)13-11-23-17(19-13)16-7-4-10-22-16/h2-7,10-12H,8-9H2,1H3/t12-/m0/s1. The maximum absolute atomic E-state index is 13.1. The van der Waals surface area contributed by atoms with Crippen LogP contribution in [-0.4, -0.2) is 22.7 Å². The van der Waals surface area contributed by atoms with Gasteiger partial charge in [0.1, 0.15) is 10.7 Å². The Hall–Kier alpha value is -1.63. The van der Waals surface area contributed by atoms with Crippen LogP contribution in [0.2, 0.25) is 0 Å². The first-order valence-electron chi connectivity index (χ1n) is 7.79. The maximum Gasteiger partial charge on any atom is 0.277 e. The summed E-state index contributed by atoms with van der Waals surface area (Å²) in [6, 6.07) is 12.2. The predicted octanol–water partition coefficient (Wildman–Crippen LogP) is 5.40. The van der Waals surface area contributed by atoms with Crippen molar-refractivity contribution in [1.82, 2.24) is 4.98 Å². The Kier molecular flexibility index (Phi) is 4.43. The van der Waals surface area contributed by atoms with Crippen molar-refractivity contribution in [2.45, 2.75) is 23.5 Å². The number of fused-ring (bicyclic) bond motifs is 1. The molecule has 0 unspecified atom stereocenters. The Morgan fingerprint density at radius 2 is 2.08 bits per heavy atom. The lowest BCUT2D eigenvalue weighted by Gasteiger charge is -2.21. The lowest BCUT2D eigenvalue weighted by molar-refractivity contribution is 0.0982. The molecule has 0 spiro atoms. The molecule has 1 atom stereocenters. The largest absolute Gasteiger partial charge is 0.306 e. The Bertz CT molecular complexity index is 857. The molecule has 3 heterocycles. The van der Waals surface area contributed by atoms with Crippen LogP contribution in [-0.2, 0) is 0 Å². The third-order valence-corrected chi connectivity index (χ3v) is 7.06. The second kappa shape index (κ2) is 6.70. The van der Waals surface area contributed by atoms with Crippen molar-refractivity contribution in [2.75, 3.05) is 11.4 Å². The van der Waals surface area contributed by atoms with Crippen LogP contribution in [0.4, 0.5) is 5.69 Å². The van der Waals surface area contributed by atoms with Crippen molar-refractivity contribution >= 4 is 46.0 Å². The highest BCUT2D eigenvalue weighted by atomic mass is 32.2. The molecule has 0 aliphatic carbocycles. The average molecular weight is 373 g/mol. The SMILES string of the molecule is C[C@H]1CCN(C(=O)c2csc(-c3cccs3)n2)c2ccccc2S1. The average Bonchev–Trinajstić information content (AvgIpc) is 3.24. The van der Waals surface area contributed by atoms with E-state index >= 15 is 0 Å². The van der Waals surface area contributed by atoms with Crippen LogP contribution in [0.3, 0.4) is 0 Å². The molecule has 1 amide bonds. The van der Waals surface area contributed by atoms with E-state index in [1.165, 1.54) is 16.2 Å². The molecule has 0 radical (unpaired) electrons. The predicted molar refractivity (Wildman–Crippen MR) is 103 cm³/mol. The smallest absolute Gasteiger partial charge is 0.277 e.